The van der Waals surface area contributed by atoms with Gasteiger partial charge < -0.3 is 97.6 Å². The second-order valence-corrected chi connectivity index (χ2v) is 30.0. The number of nitrogen functional groups attached to an aromatic ring is 5. The number of carbonyl (C=O) groups excluding carboxylic acids is 5. The molecule has 5 aromatic heterocycles. The van der Waals surface area contributed by atoms with Crippen LogP contribution in [0.2, 0.25) is 5.15 Å². The number of allylic oxidation sites excluding steroid dienone is 2. The van der Waals surface area contributed by atoms with E-state index in [1.54, 1.807) is 12.3 Å². The van der Waals surface area contributed by atoms with Gasteiger partial charge in [-0.1, -0.05) is 54.1 Å². The summed E-state index contributed by atoms with van der Waals surface area (Å²) in [6, 6.07) is 19.6. The zero-order chi connectivity index (χ0) is 92.0. The zero-order valence-electron chi connectivity index (χ0n) is 70.2. The first-order chi connectivity index (χ1) is 59.9. The van der Waals surface area contributed by atoms with Crippen LogP contribution in [-0.2, 0) is 76.9 Å². The summed E-state index contributed by atoms with van der Waals surface area (Å²) in [6.45, 7) is 11.0. The Bertz CT molecular complexity index is 5540. The Morgan fingerprint density at radius 3 is 1.13 bits per heavy atom. The fourth-order valence-electron chi connectivity index (χ4n) is 12.2. The van der Waals surface area contributed by atoms with E-state index in [2.05, 4.69) is 144 Å². The van der Waals surface area contributed by atoms with Crippen LogP contribution < -0.4 is 34.1 Å². The van der Waals surface area contributed by atoms with Gasteiger partial charge in [0.05, 0.1) is 125 Å². The molecule has 3 saturated heterocycles. The monoisotopic (exact) mass is 2010 g/mol. The molecule has 10 aromatic rings. The minimum atomic E-state index is -1.42. The molecule has 3 fully saturated rings. The van der Waals surface area contributed by atoms with Gasteiger partial charge in [0.25, 0.3) is 8.05 Å². The molecule has 15 rings (SSSR count). The Morgan fingerprint density at radius 1 is 0.469 bits per heavy atom. The van der Waals surface area contributed by atoms with Gasteiger partial charge in [-0.15, -0.1) is 0 Å². The molecule has 2 radical (unpaired) electrons. The summed E-state index contributed by atoms with van der Waals surface area (Å²) in [6.07, 6.45) is 19.3. The average molecular weight is 2010 g/mol. The van der Waals surface area contributed by atoms with Gasteiger partial charge in [-0.25, -0.2) is 90.8 Å². The summed E-state index contributed by atoms with van der Waals surface area (Å²) in [5.41, 5.74) is 33.1. The number of nitrogens with two attached hydrogens (primary N) is 5. The number of hydrogen-bond donors (Lipinski definition) is 6. The first-order valence-electron chi connectivity index (χ1n) is 37.6. The predicted molar refractivity (Wildman–Crippen MR) is 467 cm³/mol. The Hall–Kier alpha value is -11.2. The standard InChI is InChI=1S/C20H20FN3O4.C14H23BO4.2C12H9BrFN3O2.C12H10FN3O2.C8H7B2FO4.C4H4ClN3.CH3.Pd/c1-26-19(25)14-3-2-13(10-15(14)21)17-18(22)23-11-16(24-17)12-4-6-20(7-5-12)27-8-9-28-20;1-12(2)13(3,4)19-15(18-12)11-5-7-14(8-6-11)16-9-10-17-14;2*1-19-12(18)7-3-2-6(4-8(7)14)10-11(15)16-5-9(13)17-10;1-18-12(17)8-3-2-7(6-9(8)13)10-11(14)16-5-4-15-10;1-14-8(12)6-3-2-5(4-7(6)11)10(13)15-9;5-3-4(6)8-2-1-7-3;;/h2-4,10-11H,5-9H2,1H3,(H2,22,23);5H,6-10H2,1-4H3;2*2-5H,1H3,(H2,15,16);2-6H,1H3,(H2,14,16);2-4,13H,1H3;1-2H,(H2,6,8);1H3;/q;;;;;;;-1;. The van der Waals surface area contributed by atoms with E-state index in [1.807, 2.05) is 6.08 Å². The molecule has 128 heavy (non-hydrogen) atoms. The van der Waals surface area contributed by atoms with Crippen molar-refractivity contribution in [2.24, 2.45) is 0 Å². The van der Waals surface area contributed by atoms with Gasteiger partial charge in [-0.3, -0.25) is 4.98 Å². The Labute approximate surface area is 769 Å². The summed E-state index contributed by atoms with van der Waals surface area (Å²) in [4.78, 5) is 96.5. The van der Waals surface area contributed by atoms with Crippen molar-refractivity contribution in [1.82, 2.24) is 49.8 Å². The van der Waals surface area contributed by atoms with E-state index >= 15 is 0 Å². The third kappa shape index (κ3) is 26.7. The molecule has 0 bridgehead atoms. The Kier molecular flexibility index (Phi) is 38.3. The molecule has 0 unspecified atom stereocenters. The topological polar surface area (TPSA) is 475 Å². The molecule has 3 aliphatic heterocycles. The van der Waals surface area contributed by atoms with Crippen LogP contribution in [0, 0.1) is 36.5 Å². The smallest absolute Gasteiger partial charge is 0.479 e. The molecule has 0 atom stereocenters. The van der Waals surface area contributed by atoms with Gasteiger partial charge in [0.1, 0.15) is 84.3 Å². The summed E-state index contributed by atoms with van der Waals surface area (Å²) < 4.78 is 131. The van der Waals surface area contributed by atoms with Crippen LogP contribution in [0.4, 0.5) is 51.0 Å². The van der Waals surface area contributed by atoms with Gasteiger partial charge in [0, 0.05) is 93.1 Å². The van der Waals surface area contributed by atoms with Crippen molar-refractivity contribution in [2.45, 2.75) is 89.0 Å². The predicted octanol–water partition coefficient (Wildman–Crippen LogP) is 12.5. The Morgan fingerprint density at radius 2 is 0.805 bits per heavy atom. The second kappa shape index (κ2) is 47.2. The molecule has 676 valence electrons. The maximum Gasteiger partial charge on any atom is 0.490 e. The fourth-order valence-corrected chi connectivity index (χ4v) is 12.9. The SMILES string of the molecule is CC1(C)OB(C2=CCC3(CC2)OCCO3)OC1(C)C.COC(=O)c1ccc(-c2nc(Br)cnc2N)cc1F.COC(=O)c1ccc(-c2nc(Br)cnc2N)cc1F.COC(=O)c1ccc(-c2nc(C3=CCC4(CC3)OCCO4)cnc2N)cc1F.COC(=O)c1ccc(-c2nccnc2N)cc1F.Nc1nccnc1Cl.[B]OB(O)c1ccc(C(=O)OC)c(F)c1.[CH3-].[Pd]. The number of methoxy groups -OCH3 is 5. The molecule has 33 nitrogen and oxygen atoms in total. The molecule has 2 spiro atoms. The average Bonchev–Trinajstić information content (AvgIpc) is 1.62. The van der Waals surface area contributed by atoms with Crippen LogP contribution in [0.3, 0.4) is 0 Å². The molecule has 2 aliphatic carbocycles. The number of anilines is 5. The van der Waals surface area contributed by atoms with Crippen molar-refractivity contribution in [3.8, 4) is 45.0 Å². The quantitative estimate of drug-likeness (QED) is 0.0205. The number of hydrogen-bond acceptors (Lipinski definition) is 33. The van der Waals surface area contributed by atoms with E-state index in [0.29, 0.717) is 92.8 Å². The number of aromatic nitrogens is 10. The largest absolute Gasteiger partial charge is 0.490 e. The first-order valence-corrected chi connectivity index (χ1v) is 39.6. The minimum Gasteiger partial charge on any atom is -0.479 e. The maximum atomic E-state index is 14.3. The molecule has 0 amide bonds. The van der Waals surface area contributed by atoms with Gasteiger partial charge in [-0.2, -0.15) is 0 Å². The van der Waals surface area contributed by atoms with E-state index in [-0.39, 0.29) is 119 Å². The molecule has 5 aromatic carbocycles. The molecule has 8 heterocycles. The van der Waals surface area contributed by atoms with Crippen molar-refractivity contribution in [2.75, 3.05) is 90.6 Å². The van der Waals surface area contributed by atoms with Gasteiger partial charge in [0.15, 0.2) is 22.5 Å². The van der Waals surface area contributed by atoms with Crippen molar-refractivity contribution < 1.29 is 128 Å². The molecule has 5 aliphatic rings. The van der Waals surface area contributed by atoms with Crippen LogP contribution >= 0.6 is 43.5 Å². The normalized spacial score (nSPS) is 14.9. The van der Waals surface area contributed by atoms with Gasteiger partial charge >= 0.3 is 44.1 Å². The van der Waals surface area contributed by atoms with Crippen LogP contribution in [0.15, 0.2) is 161 Å². The van der Waals surface area contributed by atoms with Gasteiger partial charge in [0.2, 0.25) is 0 Å². The third-order valence-corrected chi connectivity index (χ3v) is 20.6. The first kappa shape index (κ1) is 104. The molecular formula is C83H85B3Br2ClF5N15O18Pd-. The summed E-state index contributed by atoms with van der Waals surface area (Å²) in [5.74, 6) is -7.23. The third-order valence-electron chi connectivity index (χ3n) is 19.6. The number of halogens is 8. The summed E-state index contributed by atoms with van der Waals surface area (Å²) in [5, 5.41) is 9.37. The number of benzene rings is 5. The summed E-state index contributed by atoms with van der Waals surface area (Å²) >= 11 is 11.7. The minimum absolute atomic E-state index is 0. The van der Waals surface area contributed by atoms with E-state index in [0.717, 1.165) is 50.9 Å². The fraction of sp³-hybridized carbons (Fsp3) is 0.277. The number of rotatable bonds is 13. The van der Waals surface area contributed by atoms with E-state index in [4.69, 9.17) is 81.6 Å². The molecule has 11 N–H and O–H groups in total. The van der Waals surface area contributed by atoms with Crippen molar-refractivity contribution in [1.29, 1.82) is 0 Å². The van der Waals surface area contributed by atoms with Crippen molar-refractivity contribution >= 4 is 136 Å². The van der Waals surface area contributed by atoms with Crippen LogP contribution in [0.1, 0.15) is 124 Å². The van der Waals surface area contributed by atoms with Gasteiger partial charge in [-0.05, 0) is 150 Å². The zero-order valence-corrected chi connectivity index (χ0v) is 75.7. The maximum absolute atomic E-state index is 14.3. The van der Waals surface area contributed by atoms with Crippen LogP contribution in [0.25, 0.3) is 50.6 Å². The molecule has 0 saturated carbocycles. The van der Waals surface area contributed by atoms with E-state index in [1.165, 1.54) is 150 Å². The number of esters is 5. The number of ether oxygens (including phenoxy) is 9. The van der Waals surface area contributed by atoms with Crippen LogP contribution in [0.5, 0.6) is 0 Å². The molecule has 45 heteroatoms. The van der Waals surface area contributed by atoms with Crippen LogP contribution in [-0.4, -0.2) is 192 Å². The Balaban J connectivity index is 0.000000208. The summed E-state index contributed by atoms with van der Waals surface area (Å²) in [7, 11) is 8.98. The molecular weight excluding hydrogens is 1920 g/mol. The van der Waals surface area contributed by atoms with Crippen molar-refractivity contribution in [3.63, 3.8) is 0 Å². The second-order valence-electron chi connectivity index (χ2n) is 28.0. The number of carbonyl (C=O) groups is 5. The van der Waals surface area contributed by atoms with Crippen molar-refractivity contribution in [3.05, 3.63) is 236 Å². The van der Waals surface area contributed by atoms with E-state index < -0.39 is 71.8 Å². The number of nitrogens with zero attached hydrogens (tertiary/aromatic N) is 10. The van der Waals surface area contributed by atoms with E-state index in [9.17, 15) is 45.9 Å².